The molecule has 29 heavy (non-hydrogen) atoms. The van der Waals surface area contributed by atoms with Gasteiger partial charge in [0.25, 0.3) is 0 Å². The van der Waals surface area contributed by atoms with E-state index in [9.17, 15) is 4.79 Å². The summed E-state index contributed by atoms with van der Waals surface area (Å²) in [6.07, 6.45) is 1.72. The second-order valence-corrected chi connectivity index (χ2v) is 8.16. The van der Waals surface area contributed by atoms with Crippen molar-refractivity contribution in [2.75, 3.05) is 39.3 Å². The van der Waals surface area contributed by atoms with Crippen LogP contribution in [0.25, 0.3) is 0 Å². The second-order valence-electron chi connectivity index (χ2n) is 8.16. The van der Waals surface area contributed by atoms with E-state index < -0.39 is 0 Å². The zero-order valence-electron chi connectivity index (χ0n) is 17.5. The van der Waals surface area contributed by atoms with E-state index in [0.717, 1.165) is 32.0 Å². The Hall–Kier alpha value is -2.15. The van der Waals surface area contributed by atoms with Gasteiger partial charge in [0.05, 0.1) is 32.1 Å². The van der Waals surface area contributed by atoms with Crippen molar-refractivity contribution in [1.82, 2.24) is 15.1 Å². The molecular weight excluding hydrogens is 366 g/mol. The molecule has 6 heteroatoms. The number of carbonyl (C=O) groups is 1. The van der Waals surface area contributed by atoms with Gasteiger partial charge in [0, 0.05) is 32.7 Å². The summed E-state index contributed by atoms with van der Waals surface area (Å²) >= 11 is 0. The van der Waals surface area contributed by atoms with E-state index in [1.54, 1.807) is 6.26 Å². The topological polar surface area (TPSA) is 58.0 Å². The van der Waals surface area contributed by atoms with Crippen LogP contribution in [0.4, 0.5) is 0 Å². The smallest absolute Gasteiger partial charge is 0.234 e. The molecule has 0 saturated carbocycles. The lowest BCUT2D eigenvalue weighted by molar-refractivity contribution is -0.123. The highest BCUT2D eigenvalue weighted by Gasteiger charge is 2.22. The molecule has 1 amide bonds. The first kappa shape index (κ1) is 21.6. The molecule has 1 aromatic heterocycles. The third-order valence-corrected chi connectivity index (χ3v) is 4.95. The fourth-order valence-electron chi connectivity index (χ4n) is 3.71. The fraction of sp³-hybridized carbons (Fsp3) is 0.522. The van der Waals surface area contributed by atoms with Gasteiger partial charge in [-0.1, -0.05) is 44.2 Å². The highest BCUT2D eigenvalue weighted by molar-refractivity contribution is 5.78. The fourth-order valence-corrected chi connectivity index (χ4v) is 3.71. The van der Waals surface area contributed by atoms with E-state index in [0.29, 0.717) is 32.1 Å². The van der Waals surface area contributed by atoms with Crippen molar-refractivity contribution in [3.05, 3.63) is 60.1 Å². The van der Waals surface area contributed by atoms with Crippen LogP contribution in [-0.2, 0) is 22.6 Å². The number of ether oxygens (including phenoxy) is 1. The van der Waals surface area contributed by atoms with Crippen LogP contribution in [0.5, 0.6) is 0 Å². The van der Waals surface area contributed by atoms with Gasteiger partial charge in [0.15, 0.2) is 0 Å². The van der Waals surface area contributed by atoms with Crippen LogP contribution in [0, 0.1) is 5.92 Å². The number of hydrogen-bond donors (Lipinski definition) is 1. The number of amides is 1. The minimum absolute atomic E-state index is 0.0112. The van der Waals surface area contributed by atoms with Crippen molar-refractivity contribution in [2.24, 2.45) is 5.92 Å². The van der Waals surface area contributed by atoms with Gasteiger partial charge in [-0.2, -0.15) is 0 Å². The number of morpholine rings is 1. The summed E-state index contributed by atoms with van der Waals surface area (Å²) in [4.78, 5) is 17.1. The van der Waals surface area contributed by atoms with Gasteiger partial charge in [0.1, 0.15) is 5.76 Å². The number of carbonyl (C=O) groups excluding carboxylic acids is 1. The molecule has 1 atom stereocenters. The summed E-state index contributed by atoms with van der Waals surface area (Å²) in [5, 5.41) is 3.06. The molecule has 0 bridgehead atoms. The van der Waals surface area contributed by atoms with Crippen molar-refractivity contribution in [2.45, 2.75) is 33.0 Å². The average molecular weight is 400 g/mol. The molecule has 2 aromatic rings. The van der Waals surface area contributed by atoms with E-state index in [1.165, 1.54) is 5.56 Å². The van der Waals surface area contributed by atoms with Crippen molar-refractivity contribution in [3.8, 4) is 0 Å². The van der Waals surface area contributed by atoms with Crippen LogP contribution in [0.1, 0.15) is 25.2 Å². The first-order valence-electron chi connectivity index (χ1n) is 10.5. The van der Waals surface area contributed by atoms with E-state index in [-0.39, 0.29) is 12.0 Å². The molecule has 1 aliphatic heterocycles. The van der Waals surface area contributed by atoms with Gasteiger partial charge >= 0.3 is 0 Å². The van der Waals surface area contributed by atoms with Gasteiger partial charge < -0.3 is 14.5 Å². The van der Waals surface area contributed by atoms with Crippen LogP contribution in [0.2, 0.25) is 0 Å². The van der Waals surface area contributed by atoms with Crippen molar-refractivity contribution < 1.29 is 13.9 Å². The maximum absolute atomic E-state index is 12.6. The van der Waals surface area contributed by atoms with Crippen LogP contribution < -0.4 is 5.32 Å². The molecule has 0 aliphatic carbocycles. The molecule has 6 nitrogen and oxygen atoms in total. The number of hydrogen-bond acceptors (Lipinski definition) is 5. The van der Waals surface area contributed by atoms with E-state index in [4.69, 9.17) is 9.15 Å². The molecular formula is C23H33N3O3. The molecule has 3 rings (SSSR count). The minimum atomic E-state index is 0.0112. The molecule has 1 N–H and O–H groups in total. The van der Waals surface area contributed by atoms with Gasteiger partial charge in [0.2, 0.25) is 5.91 Å². The summed E-state index contributed by atoms with van der Waals surface area (Å²) in [6, 6.07) is 14.0. The van der Waals surface area contributed by atoms with Crippen LogP contribution in [0.15, 0.2) is 53.1 Å². The van der Waals surface area contributed by atoms with E-state index >= 15 is 0 Å². The molecule has 0 radical (unpaired) electrons. The first-order chi connectivity index (χ1) is 14.1. The predicted molar refractivity (Wildman–Crippen MR) is 113 cm³/mol. The summed E-state index contributed by atoms with van der Waals surface area (Å²) in [7, 11) is 0. The van der Waals surface area contributed by atoms with Crippen molar-refractivity contribution >= 4 is 5.91 Å². The molecule has 2 heterocycles. The third-order valence-electron chi connectivity index (χ3n) is 4.95. The van der Waals surface area contributed by atoms with Crippen molar-refractivity contribution in [3.63, 3.8) is 0 Å². The molecule has 1 fully saturated rings. The predicted octanol–water partition coefficient (Wildman–Crippen LogP) is 2.75. The zero-order valence-corrected chi connectivity index (χ0v) is 17.5. The summed E-state index contributed by atoms with van der Waals surface area (Å²) < 4.78 is 11.3. The Kier molecular flexibility index (Phi) is 8.28. The normalized spacial score (nSPS) is 17.7. The molecule has 1 aliphatic rings. The lowest BCUT2D eigenvalue weighted by Crippen LogP contribution is -2.49. The first-order valence-corrected chi connectivity index (χ1v) is 10.5. The number of nitrogens with zero attached hydrogens (tertiary/aromatic N) is 2. The SMILES string of the molecule is CC(C)CN1CCOC(CNC(=O)CN(Cc2ccccc2)Cc2ccco2)C1. The maximum Gasteiger partial charge on any atom is 0.234 e. The van der Waals surface area contributed by atoms with Gasteiger partial charge in [-0.3, -0.25) is 14.6 Å². The van der Waals surface area contributed by atoms with Gasteiger partial charge in [-0.15, -0.1) is 0 Å². The Morgan fingerprint density at radius 3 is 2.76 bits per heavy atom. The Balaban J connectivity index is 1.49. The number of furan rings is 1. The number of benzene rings is 1. The summed E-state index contributed by atoms with van der Waals surface area (Å²) in [5.74, 6) is 1.50. The number of nitrogens with one attached hydrogen (secondary N) is 1. The molecule has 1 saturated heterocycles. The third kappa shape index (κ3) is 7.65. The standard InChI is InChI=1S/C23H33N3O3/c1-19(2)14-25-10-12-29-22(17-25)13-24-23(27)18-26(16-21-9-6-11-28-21)15-20-7-4-3-5-8-20/h3-9,11,19,22H,10,12-18H2,1-2H3,(H,24,27). The van der Waals surface area contributed by atoms with E-state index in [1.807, 2.05) is 30.3 Å². The average Bonchev–Trinajstić information content (AvgIpc) is 3.20. The lowest BCUT2D eigenvalue weighted by atomic mass is 10.2. The Labute approximate surface area is 173 Å². The van der Waals surface area contributed by atoms with Crippen molar-refractivity contribution in [1.29, 1.82) is 0 Å². The second kappa shape index (κ2) is 11.1. The highest BCUT2D eigenvalue weighted by Crippen LogP contribution is 2.11. The minimum Gasteiger partial charge on any atom is -0.468 e. The maximum atomic E-state index is 12.6. The largest absolute Gasteiger partial charge is 0.468 e. The Morgan fingerprint density at radius 1 is 1.21 bits per heavy atom. The highest BCUT2D eigenvalue weighted by atomic mass is 16.5. The lowest BCUT2D eigenvalue weighted by Gasteiger charge is -2.34. The molecule has 1 unspecified atom stereocenters. The van der Waals surface area contributed by atoms with Gasteiger partial charge in [-0.05, 0) is 23.6 Å². The Bertz CT molecular complexity index is 718. The van der Waals surface area contributed by atoms with Crippen LogP contribution >= 0.6 is 0 Å². The quantitative estimate of drug-likeness (QED) is 0.666. The van der Waals surface area contributed by atoms with Crippen LogP contribution in [-0.4, -0.2) is 61.1 Å². The Morgan fingerprint density at radius 2 is 2.03 bits per heavy atom. The molecule has 1 aromatic carbocycles. The van der Waals surface area contributed by atoms with E-state index in [2.05, 4.69) is 41.1 Å². The molecule has 0 spiro atoms. The summed E-state index contributed by atoms with van der Waals surface area (Å²) in [6.45, 7) is 10.3. The monoisotopic (exact) mass is 399 g/mol. The summed E-state index contributed by atoms with van der Waals surface area (Å²) in [5.41, 5.74) is 1.17. The number of rotatable bonds is 10. The van der Waals surface area contributed by atoms with Crippen LogP contribution in [0.3, 0.4) is 0 Å². The zero-order chi connectivity index (χ0) is 20.5. The van der Waals surface area contributed by atoms with Gasteiger partial charge in [-0.25, -0.2) is 0 Å². The molecule has 158 valence electrons.